The molecule has 2 unspecified atom stereocenters. The number of carboxylic acids is 1. The number of nitrogens with one attached hydrogen (secondary N) is 1. The summed E-state index contributed by atoms with van der Waals surface area (Å²) in [5, 5.41) is 12.0. The third-order valence-corrected chi connectivity index (χ3v) is 4.30. The van der Waals surface area contributed by atoms with Crippen LogP contribution in [-0.4, -0.2) is 35.1 Å². The number of carbonyl (C=O) groups is 2. The summed E-state index contributed by atoms with van der Waals surface area (Å²) in [5.41, 5.74) is 0.457. The summed E-state index contributed by atoms with van der Waals surface area (Å²) in [7, 11) is 0. The average molecular weight is 308 g/mol. The lowest BCUT2D eigenvalue weighted by molar-refractivity contribution is -0.147. The van der Waals surface area contributed by atoms with E-state index in [9.17, 15) is 19.1 Å². The minimum absolute atomic E-state index is 0.198. The second-order valence-electron chi connectivity index (χ2n) is 6.22. The smallest absolute Gasteiger partial charge is 0.317 e. The van der Waals surface area contributed by atoms with Gasteiger partial charge < -0.3 is 15.3 Å². The first-order chi connectivity index (χ1) is 10.2. The van der Waals surface area contributed by atoms with Gasteiger partial charge in [0.1, 0.15) is 5.82 Å². The van der Waals surface area contributed by atoms with Gasteiger partial charge in [0.15, 0.2) is 0 Å². The van der Waals surface area contributed by atoms with Gasteiger partial charge in [-0.3, -0.25) is 4.79 Å². The first-order valence-corrected chi connectivity index (χ1v) is 7.28. The van der Waals surface area contributed by atoms with Gasteiger partial charge in [-0.15, -0.1) is 0 Å². The molecule has 1 fully saturated rings. The van der Waals surface area contributed by atoms with Crippen molar-refractivity contribution in [3.8, 4) is 0 Å². The van der Waals surface area contributed by atoms with Crippen LogP contribution in [0.15, 0.2) is 18.2 Å². The Kier molecular flexibility index (Phi) is 4.39. The minimum Gasteiger partial charge on any atom is -0.481 e. The lowest BCUT2D eigenvalue weighted by Crippen LogP contribution is -2.41. The molecule has 0 spiro atoms. The molecular formula is C16H21FN2O3. The molecule has 1 aliphatic heterocycles. The Labute approximate surface area is 129 Å². The predicted molar refractivity (Wildman–Crippen MR) is 80.0 cm³/mol. The Morgan fingerprint density at radius 1 is 1.45 bits per heavy atom. The molecule has 2 amide bonds. The van der Waals surface area contributed by atoms with Gasteiger partial charge >= 0.3 is 12.0 Å². The highest BCUT2D eigenvalue weighted by molar-refractivity contribution is 5.79. The molecule has 0 saturated carbocycles. The van der Waals surface area contributed by atoms with Crippen LogP contribution in [0.1, 0.15) is 37.4 Å². The molecule has 0 bridgehead atoms. The molecule has 2 atom stereocenters. The number of benzene rings is 1. The molecule has 22 heavy (non-hydrogen) atoms. The van der Waals surface area contributed by atoms with Gasteiger partial charge in [0.2, 0.25) is 0 Å². The van der Waals surface area contributed by atoms with E-state index in [-0.39, 0.29) is 24.4 Å². The van der Waals surface area contributed by atoms with E-state index < -0.39 is 11.4 Å². The van der Waals surface area contributed by atoms with Crippen LogP contribution in [0, 0.1) is 18.2 Å². The van der Waals surface area contributed by atoms with Gasteiger partial charge in [0.05, 0.1) is 11.5 Å². The average Bonchev–Trinajstić information content (AvgIpc) is 2.86. The van der Waals surface area contributed by atoms with Gasteiger partial charge in [-0.2, -0.15) is 0 Å². The SMILES string of the molecule is Cc1cc(C(C)NC(=O)N2CCC(C)(C(=O)O)C2)ccc1F. The fourth-order valence-corrected chi connectivity index (χ4v) is 2.61. The van der Waals surface area contributed by atoms with E-state index in [0.717, 1.165) is 5.56 Å². The lowest BCUT2D eigenvalue weighted by Gasteiger charge is -2.23. The number of carbonyl (C=O) groups excluding carboxylic acids is 1. The van der Waals surface area contributed by atoms with Crippen LogP contribution in [0.4, 0.5) is 9.18 Å². The molecule has 0 aromatic heterocycles. The Balaban J connectivity index is 2.00. The monoisotopic (exact) mass is 308 g/mol. The normalized spacial score (nSPS) is 22.5. The number of nitrogens with zero attached hydrogens (tertiary/aromatic N) is 1. The van der Waals surface area contributed by atoms with Crippen molar-refractivity contribution in [3.05, 3.63) is 35.1 Å². The number of aryl methyl sites for hydroxylation is 1. The quantitative estimate of drug-likeness (QED) is 0.902. The highest BCUT2D eigenvalue weighted by Crippen LogP contribution is 2.30. The zero-order valence-electron chi connectivity index (χ0n) is 13.0. The van der Waals surface area contributed by atoms with Crippen LogP contribution < -0.4 is 5.32 Å². The molecule has 2 N–H and O–H groups in total. The molecule has 1 saturated heterocycles. The lowest BCUT2D eigenvalue weighted by atomic mass is 9.90. The maximum absolute atomic E-state index is 13.3. The molecule has 0 aliphatic carbocycles. The third-order valence-electron chi connectivity index (χ3n) is 4.30. The van der Waals surface area contributed by atoms with Gasteiger partial charge in [0, 0.05) is 13.1 Å². The zero-order valence-corrected chi connectivity index (χ0v) is 13.0. The number of halogens is 1. The molecule has 1 aromatic carbocycles. The van der Waals surface area contributed by atoms with Gasteiger partial charge in [-0.25, -0.2) is 9.18 Å². The Bertz CT molecular complexity index is 605. The molecular weight excluding hydrogens is 287 g/mol. The van der Waals surface area contributed by atoms with E-state index in [1.807, 2.05) is 6.92 Å². The van der Waals surface area contributed by atoms with Crippen molar-refractivity contribution in [1.29, 1.82) is 0 Å². The largest absolute Gasteiger partial charge is 0.481 e. The predicted octanol–water partition coefficient (Wildman–Crippen LogP) is 2.70. The third kappa shape index (κ3) is 3.21. The number of aliphatic carboxylic acids is 1. The van der Waals surface area contributed by atoms with E-state index in [0.29, 0.717) is 18.5 Å². The Hall–Kier alpha value is -2.11. The number of likely N-dealkylation sites (tertiary alicyclic amines) is 1. The minimum atomic E-state index is -0.884. The van der Waals surface area contributed by atoms with Crippen molar-refractivity contribution in [2.75, 3.05) is 13.1 Å². The van der Waals surface area contributed by atoms with Gasteiger partial charge in [0.25, 0.3) is 0 Å². The summed E-state index contributed by atoms with van der Waals surface area (Å²) >= 11 is 0. The maximum atomic E-state index is 13.3. The molecule has 120 valence electrons. The molecule has 2 rings (SSSR count). The van der Waals surface area contributed by atoms with Gasteiger partial charge in [-0.05, 0) is 44.4 Å². The Morgan fingerprint density at radius 3 is 2.68 bits per heavy atom. The second kappa shape index (κ2) is 5.94. The number of rotatable bonds is 3. The summed E-state index contributed by atoms with van der Waals surface area (Å²) in [6.07, 6.45) is 0.444. The van der Waals surface area contributed by atoms with E-state index in [2.05, 4.69) is 5.32 Å². The topological polar surface area (TPSA) is 69.6 Å². The van der Waals surface area contributed by atoms with E-state index in [1.54, 1.807) is 26.0 Å². The van der Waals surface area contributed by atoms with Crippen LogP contribution >= 0.6 is 0 Å². The fourth-order valence-electron chi connectivity index (χ4n) is 2.61. The molecule has 0 radical (unpaired) electrons. The molecule has 1 aromatic rings. The van der Waals surface area contributed by atoms with E-state index in [1.165, 1.54) is 11.0 Å². The van der Waals surface area contributed by atoms with E-state index in [4.69, 9.17) is 0 Å². The van der Waals surface area contributed by atoms with E-state index >= 15 is 0 Å². The molecule has 6 heteroatoms. The number of hydrogen-bond acceptors (Lipinski definition) is 2. The summed E-state index contributed by atoms with van der Waals surface area (Å²) in [4.78, 5) is 25.0. The number of amides is 2. The summed E-state index contributed by atoms with van der Waals surface area (Å²) in [6, 6.07) is 4.15. The number of hydrogen-bond donors (Lipinski definition) is 2. The van der Waals surface area contributed by atoms with Crippen LogP contribution in [0.2, 0.25) is 0 Å². The van der Waals surface area contributed by atoms with Crippen LogP contribution in [-0.2, 0) is 4.79 Å². The second-order valence-corrected chi connectivity index (χ2v) is 6.22. The number of urea groups is 1. The number of carboxylic acid groups (broad SMARTS) is 1. The van der Waals surface area contributed by atoms with Crippen molar-refractivity contribution in [1.82, 2.24) is 10.2 Å². The van der Waals surface area contributed by atoms with Gasteiger partial charge in [-0.1, -0.05) is 12.1 Å². The van der Waals surface area contributed by atoms with Crippen LogP contribution in [0.3, 0.4) is 0 Å². The molecule has 1 heterocycles. The summed E-state index contributed by atoms with van der Waals surface area (Å²) in [5.74, 6) is -1.16. The van der Waals surface area contributed by atoms with Crippen molar-refractivity contribution in [2.24, 2.45) is 5.41 Å². The molecule has 1 aliphatic rings. The highest BCUT2D eigenvalue weighted by Gasteiger charge is 2.42. The zero-order chi connectivity index (χ0) is 16.5. The highest BCUT2D eigenvalue weighted by atomic mass is 19.1. The van der Waals surface area contributed by atoms with Crippen LogP contribution in [0.25, 0.3) is 0 Å². The van der Waals surface area contributed by atoms with Crippen molar-refractivity contribution < 1.29 is 19.1 Å². The van der Waals surface area contributed by atoms with Crippen molar-refractivity contribution >= 4 is 12.0 Å². The van der Waals surface area contributed by atoms with Crippen molar-refractivity contribution in [3.63, 3.8) is 0 Å². The maximum Gasteiger partial charge on any atom is 0.317 e. The first kappa shape index (κ1) is 16.3. The molecule has 5 nitrogen and oxygen atoms in total. The van der Waals surface area contributed by atoms with Crippen molar-refractivity contribution in [2.45, 2.75) is 33.2 Å². The Morgan fingerprint density at radius 2 is 2.14 bits per heavy atom. The fraction of sp³-hybridized carbons (Fsp3) is 0.500. The summed E-state index contributed by atoms with van der Waals surface area (Å²) in [6.45, 7) is 5.76. The van der Waals surface area contributed by atoms with Crippen LogP contribution in [0.5, 0.6) is 0 Å². The standard InChI is InChI=1S/C16H21FN2O3/c1-10-8-12(4-5-13(10)17)11(2)18-15(22)19-7-6-16(3,9-19)14(20)21/h4-5,8,11H,6-7,9H2,1-3H3,(H,18,22)(H,20,21). The summed E-state index contributed by atoms with van der Waals surface area (Å²) < 4.78 is 13.3. The first-order valence-electron chi connectivity index (χ1n) is 7.28.